The van der Waals surface area contributed by atoms with Crippen LogP contribution < -0.4 is 15.4 Å². The lowest BCUT2D eigenvalue weighted by Gasteiger charge is -2.26. The summed E-state index contributed by atoms with van der Waals surface area (Å²) in [7, 11) is 1.51. The average molecular weight is 278 g/mol. The minimum atomic E-state index is -1.35. The molecule has 1 atom stereocenters. The molecule has 1 aromatic carbocycles. The van der Waals surface area contributed by atoms with Crippen LogP contribution in [0, 0.1) is 0 Å². The first-order valence-corrected chi connectivity index (χ1v) is 5.98. The first-order valence-electron chi connectivity index (χ1n) is 5.98. The summed E-state index contributed by atoms with van der Waals surface area (Å²) >= 11 is 0. The number of ether oxygens (including phenoxy) is 1. The highest BCUT2D eigenvalue weighted by atomic mass is 16.5. The van der Waals surface area contributed by atoms with Crippen molar-refractivity contribution in [3.63, 3.8) is 0 Å². The summed E-state index contributed by atoms with van der Waals surface area (Å²) in [6, 6.07) is 5.93. The van der Waals surface area contributed by atoms with E-state index in [1.54, 1.807) is 24.3 Å². The molecule has 3 amide bonds. The maximum Gasteiger partial charge on any atom is 0.322 e. The summed E-state index contributed by atoms with van der Waals surface area (Å²) in [6.45, 7) is 0. The van der Waals surface area contributed by atoms with Crippen molar-refractivity contribution in [3.8, 4) is 5.75 Å². The molecule has 1 aliphatic heterocycles. The van der Waals surface area contributed by atoms with Crippen molar-refractivity contribution in [3.05, 3.63) is 29.8 Å². The lowest BCUT2D eigenvalue weighted by atomic mass is 9.85. The van der Waals surface area contributed by atoms with E-state index in [1.165, 1.54) is 7.11 Å². The molecule has 0 saturated carbocycles. The number of urea groups is 1. The number of rotatable bonds is 5. The third kappa shape index (κ3) is 2.42. The number of nitrogens with one attached hydrogen (secondary N) is 2. The highest BCUT2D eigenvalue weighted by molar-refractivity contribution is 6.07. The van der Waals surface area contributed by atoms with Gasteiger partial charge in [-0.25, -0.2) is 4.79 Å². The lowest BCUT2D eigenvalue weighted by Crippen LogP contribution is -2.44. The molecule has 7 nitrogen and oxygen atoms in total. The zero-order valence-electron chi connectivity index (χ0n) is 10.8. The molecular weight excluding hydrogens is 264 g/mol. The average Bonchev–Trinajstić information content (AvgIpc) is 2.72. The van der Waals surface area contributed by atoms with Crippen molar-refractivity contribution < 1.29 is 24.2 Å². The second-order valence-electron chi connectivity index (χ2n) is 4.44. The molecule has 20 heavy (non-hydrogen) atoms. The number of carbonyl (C=O) groups is 3. The van der Waals surface area contributed by atoms with Gasteiger partial charge in [-0.1, -0.05) is 12.1 Å². The van der Waals surface area contributed by atoms with Gasteiger partial charge in [0.2, 0.25) is 0 Å². The molecular formula is C13H14N2O5. The molecule has 0 bridgehead atoms. The third-order valence-electron chi connectivity index (χ3n) is 3.24. The Labute approximate surface area is 114 Å². The largest absolute Gasteiger partial charge is 0.497 e. The Hall–Kier alpha value is -2.57. The maximum absolute atomic E-state index is 12.1. The Morgan fingerprint density at radius 2 is 1.95 bits per heavy atom. The van der Waals surface area contributed by atoms with Gasteiger partial charge in [-0.05, 0) is 24.1 Å². The molecule has 2 rings (SSSR count). The summed E-state index contributed by atoms with van der Waals surface area (Å²) in [5.41, 5.74) is -0.829. The van der Waals surface area contributed by atoms with Gasteiger partial charge in [0, 0.05) is 6.42 Å². The van der Waals surface area contributed by atoms with Crippen molar-refractivity contribution in [2.75, 3.05) is 7.11 Å². The SMILES string of the molecule is COc1ccc([C@]2(CCC(=O)O)NC(=O)NC2=O)cc1. The monoisotopic (exact) mass is 278 g/mol. The van der Waals surface area contributed by atoms with E-state index in [2.05, 4.69) is 10.6 Å². The summed E-state index contributed by atoms with van der Waals surface area (Å²) in [6.07, 6.45) is -0.258. The van der Waals surface area contributed by atoms with Crippen LogP contribution >= 0.6 is 0 Å². The fraction of sp³-hybridized carbons (Fsp3) is 0.308. The Bertz CT molecular complexity index is 554. The normalized spacial score (nSPS) is 21.2. The number of carboxylic acid groups (broad SMARTS) is 1. The molecule has 106 valence electrons. The maximum atomic E-state index is 12.1. The highest BCUT2D eigenvalue weighted by Gasteiger charge is 2.47. The van der Waals surface area contributed by atoms with Crippen LogP contribution in [0.2, 0.25) is 0 Å². The summed E-state index contributed by atoms with van der Waals surface area (Å²) in [4.78, 5) is 34.2. The van der Waals surface area contributed by atoms with Crippen LogP contribution in [0.5, 0.6) is 5.75 Å². The lowest BCUT2D eigenvalue weighted by molar-refractivity contribution is -0.137. The van der Waals surface area contributed by atoms with E-state index in [4.69, 9.17) is 9.84 Å². The van der Waals surface area contributed by atoms with Gasteiger partial charge in [0.1, 0.15) is 11.3 Å². The van der Waals surface area contributed by atoms with Crippen LogP contribution in [0.4, 0.5) is 4.79 Å². The van der Waals surface area contributed by atoms with Crippen LogP contribution in [0.15, 0.2) is 24.3 Å². The van der Waals surface area contributed by atoms with E-state index < -0.39 is 23.4 Å². The highest BCUT2D eigenvalue weighted by Crippen LogP contribution is 2.31. The number of carboxylic acids is 1. The number of imide groups is 1. The number of hydrogen-bond donors (Lipinski definition) is 3. The van der Waals surface area contributed by atoms with Crippen molar-refractivity contribution in [1.82, 2.24) is 10.6 Å². The molecule has 1 aromatic rings. The van der Waals surface area contributed by atoms with E-state index in [0.29, 0.717) is 11.3 Å². The Kier molecular flexibility index (Phi) is 3.60. The number of hydrogen-bond acceptors (Lipinski definition) is 4. The summed E-state index contributed by atoms with van der Waals surface area (Å²) in [5, 5.41) is 13.5. The third-order valence-corrected chi connectivity index (χ3v) is 3.24. The van der Waals surface area contributed by atoms with Crippen molar-refractivity contribution in [1.29, 1.82) is 0 Å². The molecule has 0 aliphatic carbocycles. The van der Waals surface area contributed by atoms with Gasteiger partial charge in [-0.2, -0.15) is 0 Å². The fourth-order valence-corrected chi connectivity index (χ4v) is 2.19. The Morgan fingerprint density at radius 1 is 1.30 bits per heavy atom. The molecule has 0 radical (unpaired) electrons. The molecule has 1 fully saturated rings. The minimum Gasteiger partial charge on any atom is -0.497 e. The number of amides is 3. The van der Waals surface area contributed by atoms with E-state index in [1.807, 2.05) is 0 Å². The van der Waals surface area contributed by atoms with Crippen molar-refractivity contribution in [2.45, 2.75) is 18.4 Å². The van der Waals surface area contributed by atoms with E-state index in [0.717, 1.165) is 0 Å². The second-order valence-corrected chi connectivity index (χ2v) is 4.44. The molecule has 0 spiro atoms. The van der Waals surface area contributed by atoms with E-state index in [9.17, 15) is 14.4 Å². The zero-order valence-corrected chi connectivity index (χ0v) is 10.8. The van der Waals surface area contributed by atoms with Crippen LogP contribution in [0.3, 0.4) is 0 Å². The Morgan fingerprint density at radius 3 is 2.40 bits per heavy atom. The fourth-order valence-electron chi connectivity index (χ4n) is 2.19. The van der Waals surface area contributed by atoms with Gasteiger partial charge in [0.05, 0.1) is 7.11 Å². The number of benzene rings is 1. The number of carbonyl (C=O) groups excluding carboxylic acids is 2. The predicted octanol–water partition coefficient (Wildman–Crippen LogP) is 0.595. The van der Waals surface area contributed by atoms with Gasteiger partial charge < -0.3 is 15.2 Å². The first kappa shape index (κ1) is 13.9. The molecule has 7 heteroatoms. The molecule has 0 aromatic heterocycles. The van der Waals surface area contributed by atoms with Crippen LogP contribution in [-0.4, -0.2) is 30.1 Å². The standard InChI is InChI=1S/C13H14N2O5/c1-20-9-4-2-8(3-5-9)13(7-6-10(16)17)11(18)14-12(19)15-13/h2-5H,6-7H2,1H3,(H,16,17)(H2,14,15,18,19)/t13-/m0/s1. The topological polar surface area (TPSA) is 105 Å². The van der Waals surface area contributed by atoms with Gasteiger partial charge in [-0.15, -0.1) is 0 Å². The van der Waals surface area contributed by atoms with E-state index in [-0.39, 0.29) is 12.8 Å². The van der Waals surface area contributed by atoms with Crippen LogP contribution in [-0.2, 0) is 15.1 Å². The second kappa shape index (κ2) is 5.20. The molecule has 0 unspecified atom stereocenters. The van der Waals surface area contributed by atoms with Crippen LogP contribution in [0.25, 0.3) is 0 Å². The molecule has 1 aliphatic rings. The quantitative estimate of drug-likeness (QED) is 0.684. The smallest absolute Gasteiger partial charge is 0.322 e. The summed E-state index contributed by atoms with van der Waals surface area (Å²) < 4.78 is 5.03. The number of aliphatic carboxylic acids is 1. The molecule has 1 heterocycles. The number of methoxy groups -OCH3 is 1. The first-order chi connectivity index (χ1) is 9.48. The van der Waals surface area contributed by atoms with Crippen molar-refractivity contribution in [2.24, 2.45) is 0 Å². The summed E-state index contributed by atoms with van der Waals surface area (Å²) in [5.74, 6) is -0.979. The van der Waals surface area contributed by atoms with Gasteiger partial charge in [-0.3, -0.25) is 14.9 Å². The van der Waals surface area contributed by atoms with Crippen LogP contribution in [0.1, 0.15) is 18.4 Å². The van der Waals surface area contributed by atoms with Gasteiger partial charge in [0.15, 0.2) is 0 Å². The molecule has 3 N–H and O–H groups in total. The van der Waals surface area contributed by atoms with E-state index >= 15 is 0 Å². The van der Waals surface area contributed by atoms with Crippen molar-refractivity contribution >= 4 is 17.9 Å². The van der Waals surface area contributed by atoms with Gasteiger partial charge in [0.25, 0.3) is 5.91 Å². The Balaban J connectivity index is 2.37. The predicted molar refractivity (Wildman–Crippen MR) is 68.2 cm³/mol. The minimum absolute atomic E-state index is 0.0216. The zero-order chi connectivity index (χ0) is 14.8. The molecule has 1 saturated heterocycles. The van der Waals surface area contributed by atoms with Gasteiger partial charge >= 0.3 is 12.0 Å².